The van der Waals surface area contributed by atoms with Crippen molar-refractivity contribution in [3.8, 4) is 23.0 Å². The number of halogens is 8. The molecule has 0 spiro atoms. The summed E-state index contributed by atoms with van der Waals surface area (Å²) in [6.45, 7) is 5.13. The average molecular weight is 554 g/mol. The smallest absolute Gasteiger partial charge is 0.335 e. The SMILES string of the molecule is C=CC(=O)Oc1c(F)c(F)c(OCCCCCCOc2c(F)c(F)c(OC(=O)C=C)c(F)c2F)c(F)c1F. The van der Waals surface area contributed by atoms with Gasteiger partial charge in [-0.05, 0) is 25.7 Å². The number of rotatable bonds is 13. The fourth-order valence-corrected chi connectivity index (χ4v) is 2.81. The quantitative estimate of drug-likeness (QED) is 0.0756. The molecule has 206 valence electrons. The molecular formula is C24H18F8O6. The van der Waals surface area contributed by atoms with Crippen LogP contribution in [-0.2, 0) is 9.59 Å². The van der Waals surface area contributed by atoms with Gasteiger partial charge >= 0.3 is 11.9 Å². The van der Waals surface area contributed by atoms with Crippen LogP contribution in [0.5, 0.6) is 23.0 Å². The first-order valence-electron chi connectivity index (χ1n) is 10.6. The molecule has 2 rings (SSSR count). The fraction of sp³-hybridized carbons (Fsp3) is 0.250. The minimum Gasteiger partial charge on any atom is -0.487 e. The second-order valence-electron chi connectivity index (χ2n) is 7.19. The summed E-state index contributed by atoms with van der Waals surface area (Å²) in [6, 6.07) is 0. The fourth-order valence-electron chi connectivity index (χ4n) is 2.81. The lowest BCUT2D eigenvalue weighted by molar-refractivity contribution is -0.130. The van der Waals surface area contributed by atoms with E-state index in [2.05, 4.69) is 22.6 Å². The lowest BCUT2D eigenvalue weighted by Gasteiger charge is -2.13. The summed E-state index contributed by atoms with van der Waals surface area (Å²) in [5, 5.41) is 0. The Labute approximate surface area is 210 Å². The molecule has 0 amide bonds. The van der Waals surface area contributed by atoms with Crippen LogP contribution in [0, 0.1) is 46.5 Å². The third-order valence-electron chi connectivity index (χ3n) is 4.64. The maximum absolute atomic E-state index is 14.0. The van der Waals surface area contributed by atoms with Gasteiger partial charge < -0.3 is 18.9 Å². The van der Waals surface area contributed by atoms with Gasteiger partial charge in [-0.15, -0.1) is 0 Å². The predicted octanol–water partition coefficient (Wildman–Crippen LogP) is 6.00. The molecule has 6 nitrogen and oxygen atoms in total. The van der Waals surface area contributed by atoms with Crippen LogP contribution < -0.4 is 18.9 Å². The molecule has 0 saturated carbocycles. The Morgan fingerprint density at radius 2 is 0.763 bits per heavy atom. The van der Waals surface area contributed by atoms with Gasteiger partial charge in [0.1, 0.15) is 0 Å². The van der Waals surface area contributed by atoms with Crippen LogP contribution in [0.1, 0.15) is 25.7 Å². The maximum atomic E-state index is 14.0. The van der Waals surface area contributed by atoms with E-state index in [1.807, 2.05) is 0 Å². The van der Waals surface area contributed by atoms with E-state index in [0.717, 1.165) is 0 Å². The summed E-state index contributed by atoms with van der Waals surface area (Å²) in [7, 11) is 0. The molecule has 0 aliphatic heterocycles. The van der Waals surface area contributed by atoms with Gasteiger partial charge in [-0.1, -0.05) is 13.2 Å². The molecule has 2 aromatic carbocycles. The van der Waals surface area contributed by atoms with E-state index in [1.165, 1.54) is 0 Å². The molecular weight excluding hydrogens is 536 g/mol. The van der Waals surface area contributed by atoms with Gasteiger partial charge in [0.15, 0.2) is 11.5 Å². The Kier molecular flexibility index (Phi) is 10.7. The highest BCUT2D eigenvalue weighted by Gasteiger charge is 2.30. The molecule has 0 saturated heterocycles. The average Bonchev–Trinajstić information content (AvgIpc) is 2.91. The first-order valence-corrected chi connectivity index (χ1v) is 10.6. The van der Waals surface area contributed by atoms with Crippen molar-refractivity contribution >= 4 is 11.9 Å². The van der Waals surface area contributed by atoms with Crippen LogP contribution in [0.4, 0.5) is 35.1 Å². The number of esters is 2. The Bertz CT molecular complexity index is 1090. The number of unbranched alkanes of at least 4 members (excludes halogenated alkanes) is 3. The van der Waals surface area contributed by atoms with Crippen LogP contribution in [-0.4, -0.2) is 25.2 Å². The van der Waals surface area contributed by atoms with Gasteiger partial charge in [-0.25, -0.2) is 9.59 Å². The van der Waals surface area contributed by atoms with E-state index in [0.29, 0.717) is 12.2 Å². The standard InChI is InChI=1S/C24H18F8O6/c1-3-11(33)37-23-17(29)13(25)21(14(26)18(23)30)35-9-7-5-6-8-10-36-22-15(27)19(31)24(20(32)16(22)28)38-12(34)4-2/h3-4H,1-2,5-10H2. The molecule has 0 unspecified atom stereocenters. The minimum absolute atomic E-state index is 0.0880. The van der Waals surface area contributed by atoms with Crippen LogP contribution in [0.25, 0.3) is 0 Å². The molecule has 38 heavy (non-hydrogen) atoms. The van der Waals surface area contributed by atoms with E-state index in [4.69, 9.17) is 9.47 Å². The number of hydrogen-bond acceptors (Lipinski definition) is 6. The zero-order valence-corrected chi connectivity index (χ0v) is 19.3. The zero-order valence-electron chi connectivity index (χ0n) is 19.3. The molecule has 0 atom stereocenters. The Morgan fingerprint density at radius 3 is 1.03 bits per heavy atom. The lowest BCUT2D eigenvalue weighted by atomic mass is 10.2. The summed E-state index contributed by atoms with van der Waals surface area (Å²) in [4.78, 5) is 22.1. The van der Waals surface area contributed by atoms with Gasteiger partial charge in [0.2, 0.25) is 58.0 Å². The molecule has 0 N–H and O–H groups in total. The first kappa shape index (κ1) is 30.1. The number of carbonyl (C=O) groups is 2. The molecule has 0 aliphatic carbocycles. The van der Waals surface area contributed by atoms with Crippen molar-refractivity contribution in [2.75, 3.05) is 13.2 Å². The van der Waals surface area contributed by atoms with Gasteiger partial charge in [0, 0.05) is 12.2 Å². The second-order valence-corrected chi connectivity index (χ2v) is 7.19. The second kappa shape index (κ2) is 13.4. The number of ether oxygens (including phenoxy) is 4. The molecule has 0 fully saturated rings. The highest BCUT2D eigenvalue weighted by molar-refractivity contribution is 5.84. The zero-order chi connectivity index (χ0) is 28.6. The molecule has 0 bridgehead atoms. The van der Waals surface area contributed by atoms with Crippen molar-refractivity contribution in [1.29, 1.82) is 0 Å². The van der Waals surface area contributed by atoms with Crippen molar-refractivity contribution < 1.29 is 63.7 Å². The van der Waals surface area contributed by atoms with Crippen LogP contribution in [0.15, 0.2) is 25.3 Å². The van der Waals surface area contributed by atoms with Crippen LogP contribution in [0.3, 0.4) is 0 Å². The lowest BCUT2D eigenvalue weighted by Crippen LogP contribution is -2.12. The third-order valence-corrected chi connectivity index (χ3v) is 4.64. The summed E-state index contributed by atoms with van der Waals surface area (Å²) in [6.07, 6.45) is 1.74. The van der Waals surface area contributed by atoms with Gasteiger partial charge in [0.05, 0.1) is 13.2 Å². The van der Waals surface area contributed by atoms with Crippen LogP contribution in [0.2, 0.25) is 0 Å². The highest BCUT2D eigenvalue weighted by atomic mass is 19.2. The Balaban J connectivity index is 1.87. The maximum Gasteiger partial charge on any atom is 0.335 e. The number of carbonyl (C=O) groups excluding carboxylic acids is 2. The normalized spacial score (nSPS) is 10.6. The van der Waals surface area contributed by atoms with Gasteiger partial charge in [-0.3, -0.25) is 0 Å². The molecule has 2 aromatic rings. The van der Waals surface area contributed by atoms with Crippen molar-refractivity contribution in [3.05, 3.63) is 71.8 Å². The molecule has 0 heterocycles. The molecule has 0 aliphatic rings. The van der Waals surface area contributed by atoms with Gasteiger partial charge in [0.25, 0.3) is 0 Å². The minimum atomic E-state index is -1.99. The first-order chi connectivity index (χ1) is 18.0. The summed E-state index contributed by atoms with van der Waals surface area (Å²) in [5.74, 6) is -24.4. The van der Waals surface area contributed by atoms with E-state index < -0.39 is 94.7 Å². The van der Waals surface area contributed by atoms with Crippen LogP contribution >= 0.6 is 0 Å². The molecule has 0 aromatic heterocycles. The van der Waals surface area contributed by atoms with Crippen molar-refractivity contribution in [2.24, 2.45) is 0 Å². The van der Waals surface area contributed by atoms with E-state index in [-0.39, 0.29) is 25.7 Å². The monoisotopic (exact) mass is 554 g/mol. The number of hydrogen-bond donors (Lipinski definition) is 0. The van der Waals surface area contributed by atoms with E-state index in [9.17, 15) is 44.7 Å². The predicted molar refractivity (Wildman–Crippen MR) is 114 cm³/mol. The van der Waals surface area contributed by atoms with Crippen molar-refractivity contribution in [1.82, 2.24) is 0 Å². The van der Waals surface area contributed by atoms with E-state index >= 15 is 0 Å². The topological polar surface area (TPSA) is 71.1 Å². The van der Waals surface area contributed by atoms with E-state index in [1.54, 1.807) is 0 Å². The number of benzene rings is 2. The third kappa shape index (κ3) is 6.81. The molecule has 0 radical (unpaired) electrons. The molecule has 14 heteroatoms. The Hall–Kier alpha value is -4.10. The largest absolute Gasteiger partial charge is 0.487 e. The highest BCUT2D eigenvalue weighted by Crippen LogP contribution is 2.36. The summed E-state index contributed by atoms with van der Waals surface area (Å²) < 4.78 is 130. The van der Waals surface area contributed by atoms with Crippen molar-refractivity contribution in [2.45, 2.75) is 25.7 Å². The summed E-state index contributed by atoms with van der Waals surface area (Å²) in [5.41, 5.74) is 0. The summed E-state index contributed by atoms with van der Waals surface area (Å²) >= 11 is 0. The Morgan fingerprint density at radius 1 is 0.500 bits per heavy atom. The van der Waals surface area contributed by atoms with Crippen molar-refractivity contribution in [3.63, 3.8) is 0 Å². The van der Waals surface area contributed by atoms with Gasteiger partial charge in [-0.2, -0.15) is 35.1 Å².